The van der Waals surface area contributed by atoms with E-state index in [0.29, 0.717) is 6.54 Å². The van der Waals surface area contributed by atoms with Gasteiger partial charge in [0.2, 0.25) is 5.91 Å². The van der Waals surface area contributed by atoms with E-state index in [1.807, 2.05) is 17.0 Å². The number of carbonyl (C=O) groups excluding carboxylic acids is 1. The van der Waals surface area contributed by atoms with Crippen LogP contribution in [0.1, 0.15) is 12.8 Å². The summed E-state index contributed by atoms with van der Waals surface area (Å²) in [5.74, 6) is 0.238. The largest absolute Gasteiger partial charge is 0.355 e. The highest BCUT2D eigenvalue weighted by Crippen LogP contribution is 2.19. The van der Waals surface area contributed by atoms with Gasteiger partial charge in [0.15, 0.2) is 0 Å². The summed E-state index contributed by atoms with van der Waals surface area (Å²) in [4.78, 5) is 20.7. The molecule has 0 aromatic carbocycles. The number of likely N-dealkylation sites (tertiary alicyclic amines) is 1. The van der Waals surface area contributed by atoms with E-state index in [4.69, 9.17) is 0 Å². The van der Waals surface area contributed by atoms with Crippen molar-refractivity contribution >= 4 is 11.6 Å². The van der Waals surface area contributed by atoms with Crippen molar-refractivity contribution in [1.82, 2.24) is 15.2 Å². The van der Waals surface area contributed by atoms with Gasteiger partial charge in [-0.1, -0.05) is 0 Å². The summed E-state index contributed by atoms with van der Waals surface area (Å²) in [7, 11) is 0. The smallest absolute Gasteiger partial charge is 0.246 e. The van der Waals surface area contributed by atoms with Crippen LogP contribution >= 0.6 is 0 Å². The van der Waals surface area contributed by atoms with Crippen molar-refractivity contribution in [2.24, 2.45) is 0 Å². The van der Waals surface area contributed by atoms with E-state index in [1.165, 1.54) is 0 Å². The van der Waals surface area contributed by atoms with Crippen LogP contribution in [0.5, 0.6) is 0 Å². The molecule has 1 aromatic rings. The Balaban J connectivity index is 1.79. The fourth-order valence-electron chi connectivity index (χ4n) is 2.84. The predicted molar refractivity (Wildman–Crippen MR) is 72.9 cm³/mol. The van der Waals surface area contributed by atoms with Gasteiger partial charge in [-0.05, 0) is 25.0 Å². The second kappa shape index (κ2) is 5.57. The van der Waals surface area contributed by atoms with E-state index in [2.05, 4.69) is 21.4 Å². The Morgan fingerprint density at radius 1 is 1.37 bits per heavy atom. The number of aromatic nitrogens is 1. The van der Waals surface area contributed by atoms with Crippen molar-refractivity contribution in [2.45, 2.75) is 18.9 Å². The zero-order valence-corrected chi connectivity index (χ0v) is 11.0. The highest BCUT2D eigenvalue weighted by molar-refractivity contribution is 5.86. The topological polar surface area (TPSA) is 48.5 Å². The van der Waals surface area contributed by atoms with Crippen LogP contribution < -0.4 is 10.2 Å². The lowest BCUT2D eigenvalue weighted by atomic mass is 10.1. The van der Waals surface area contributed by atoms with Gasteiger partial charge in [0.05, 0.1) is 5.69 Å². The molecule has 3 rings (SSSR count). The van der Waals surface area contributed by atoms with Gasteiger partial charge in [0, 0.05) is 38.9 Å². The Morgan fingerprint density at radius 2 is 2.21 bits per heavy atom. The molecular formula is C14H19N4O. The first-order chi connectivity index (χ1) is 9.36. The van der Waals surface area contributed by atoms with Gasteiger partial charge in [-0.15, -0.1) is 0 Å². The first-order valence-electron chi connectivity index (χ1n) is 6.95. The van der Waals surface area contributed by atoms with E-state index >= 15 is 0 Å². The number of carbonyl (C=O) groups is 1. The summed E-state index contributed by atoms with van der Waals surface area (Å²) in [5.41, 5.74) is 0.918. The van der Waals surface area contributed by atoms with Crippen molar-refractivity contribution in [2.75, 3.05) is 37.6 Å². The van der Waals surface area contributed by atoms with Gasteiger partial charge in [0.25, 0.3) is 0 Å². The molecule has 101 valence electrons. The maximum Gasteiger partial charge on any atom is 0.246 e. The predicted octanol–water partition coefficient (Wildman–Crippen LogP) is 0.282. The number of hydrogen-bond acceptors (Lipinski definition) is 4. The highest BCUT2D eigenvalue weighted by Gasteiger charge is 2.33. The summed E-state index contributed by atoms with van der Waals surface area (Å²) in [6.07, 6.45) is 6.96. The van der Waals surface area contributed by atoms with Crippen LogP contribution in [0.4, 0.5) is 5.69 Å². The fourth-order valence-corrected chi connectivity index (χ4v) is 2.84. The van der Waals surface area contributed by atoms with Crippen molar-refractivity contribution in [1.29, 1.82) is 0 Å². The Labute approximate surface area is 113 Å². The normalized spacial score (nSPS) is 23.7. The second-order valence-corrected chi connectivity index (χ2v) is 5.08. The lowest BCUT2D eigenvalue weighted by molar-refractivity contribution is -0.131. The Kier molecular flexibility index (Phi) is 3.64. The van der Waals surface area contributed by atoms with Crippen LogP contribution in [0.25, 0.3) is 0 Å². The molecular weight excluding hydrogens is 240 g/mol. The molecule has 2 fully saturated rings. The number of nitrogens with one attached hydrogen (secondary N) is 1. The zero-order chi connectivity index (χ0) is 13.1. The molecule has 1 radical (unpaired) electrons. The molecule has 3 heterocycles. The highest BCUT2D eigenvalue weighted by atomic mass is 16.2. The molecule has 0 saturated carbocycles. The number of nitrogens with zero attached hydrogens (tertiary/aromatic N) is 3. The number of rotatable bonds is 2. The van der Waals surface area contributed by atoms with Crippen LogP contribution in [0.3, 0.4) is 0 Å². The van der Waals surface area contributed by atoms with Crippen LogP contribution in [0.2, 0.25) is 0 Å². The maximum absolute atomic E-state index is 12.6. The number of hydrogen-bond donors (Lipinski definition) is 1. The molecule has 1 aromatic heterocycles. The monoisotopic (exact) mass is 259 g/mol. The molecule has 0 aliphatic carbocycles. The minimum Gasteiger partial charge on any atom is -0.355 e. The lowest BCUT2D eigenvalue weighted by Gasteiger charge is -2.38. The van der Waals surface area contributed by atoms with Crippen LogP contribution in [0.15, 0.2) is 18.3 Å². The van der Waals surface area contributed by atoms with Gasteiger partial charge < -0.3 is 15.1 Å². The minimum absolute atomic E-state index is 0.118. The molecule has 1 unspecified atom stereocenters. The summed E-state index contributed by atoms with van der Waals surface area (Å²) in [6.45, 7) is 4.23. The van der Waals surface area contributed by atoms with Crippen LogP contribution in [-0.2, 0) is 4.79 Å². The van der Waals surface area contributed by atoms with Crippen molar-refractivity contribution in [3.05, 3.63) is 24.5 Å². The molecule has 2 aliphatic heterocycles. The van der Waals surface area contributed by atoms with Crippen molar-refractivity contribution in [3.63, 3.8) is 0 Å². The SMILES string of the molecule is O=C(C1CNCCN1c1[c]nccc1)N1CCCC1. The number of piperazine rings is 1. The van der Waals surface area contributed by atoms with Gasteiger partial charge in [0.1, 0.15) is 12.2 Å². The molecule has 0 bridgehead atoms. The third-order valence-electron chi connectivity index (χ3n) is 3.85. The third kappa shape index (κ3) is 2.56. The van der Waals surface area contributed by atoms with Gasteiger partial charge >= 0.3 is 0 Å². The Morgan fingerprint density at radius 3 is 2.95 bits per heavy atom. The van der Waals surface area contributed by atoms with E-state index < -0.39 is 0 Å². The molecule has 19 heavy (non-hydrogen) atoms. The van der Waals surface area contributed by atoms with E-state index in [9.17, 15) is 4.79 Å². The first kappa shape index (κ1) is 12.4. The quantitative estimate of drug-likeness (QED) is 0.829. The molecule has 1 amide bonds. The van der Waals surface area contributed by atoms with Gasteiger partial charge in [-0.3, -0.25) is 9.78 Å². The van der Waals surface area contributed by atoms with E-state index in [1.54, 1.807) is 6.20 Å². The lowest BCUT2D eigenvalue weighted by Crippen LogP contribution is -2.58. The van der Waals surface area contributed by atoms with Crippen LogP contribution in [0, 0.1) is 6.20 Å². The van der Waals surface area contributed by atoms with Crippen molar-refractivity contribution in [3.8, 4) is 0 Å². The van der Waals surface area contributed by atoms with Gasteiger partial charge in [-0.25, -0.2) is 0 Å². The molecule has 2 saturated heterocycles. The minimum atomic E-state index is -0.118. The zero-order valence-electron chi connectivity index (χ0n) is 11.0. The summed E-state index contributed by atoms with van der Waals surface area (Å²) < 4.78 is 0. The molecule has 5 nitrogen and oxygen atoms in total. The first-order valence-corrected chi connectivity index (χ1v) is 6.95. The molecule has 1 N–H and O–H groups in total. The fraction of sp³-hybridized carbons (Fsp3) is 0.571. The maximum atomic E-state index is 12.6. The summed E-state index contributed by atoms with van der Waals surface area (Å²) >= 11 is 0. The molecule has 5 heteroatoms. The second-order valence-electron chi connectivity index (χ2n) is 5.08. The standard InChI is InChI=1S/C14H19N4O/c19-14(17-7-1-2-8-17)13-11-16-6-9-18(13)12-4-3-5-15-10-12/h3-5,13,16H,1-2,6-9,11H2. The Hall–Kier alpha value is -1.62. The molecule has 0 spiro atoms. The average molecular weight is 259 g/mol. The van der Waals surface area contributed by atoms with E-state index in [-0.39, 0.29) is 11.9 Å². The number of anilines is 1. The van der Waals surface area contributed by atoms with Crippen LogP contribution in [-0.4, -0.2) is 54.6 Å². The van der Waals surface area contributed by atoms with E-state index in [0.717, 1.165) is 44.7 Å². The third-order valence-corrected chi connectivity index (χ3v) is 3.85. The summed E-state index contributed by atoms with van der Waals surface area (Å²) in [6, 6.07) is 3.75. The molecule has 1 atom stereocenters. The number of pyridine rings is 1. The molecule has 2 aliphatic rings. The van der Waals surface area contributed by atoms with Gasteiger partial charge in [-0.2, -0.15) is 0 Å². The average Bonchev–Trinajstić information content (AvgIpc) is 3.02. The number of amides is 1. The summed E-state index contributed by atoms with van der Waals surface area (Å²) in [5, 5.41) is 3.32. The Bertz CT molecular complexity index is 430. The van der Waals surface area contributed by atoms with Crippen molar-refractivity contribution < 1.29 is 4.79 Å².